The minimum Gasteiger partial charge on any atom is -0.495 e. The number of hydrogen-bond donors (Lipinski definition) is 3. The molecular weight excluding hydrogens is 429 g/mol. The van der Waals surface area contributed by atoms with Gasteiger partial charge in [0.05, 0.1) is 22.4 Å². The number of carbonyl (C=O) groups excluding carboxylic acids is 1. The van der Waals surface area contributed by atoms with Gasteiger partial charge in [-0.15, -0.1) is 16.4 Å². The fourth-order valence-electron chi connectivity index (χ4n) is 2.37. The Morgan fingerprint density at radius 3 is 2.69 bits per heavy atom. The van der Waals surface area contributed by atoms with Crippen LogP contribution < -0.4 is 15.4 Å². The molecule has 3 N–H and O–H groups in total. The first-order valence-electron chi connectivity index (χ1n) is 7.95. The number of alkyl halides is 3. The molecule has 0 saturated heterocycles. The van der Waals surface area contributed by atoms with E-state index in [1.807, 2.05) is 24.3 Å². The molecule has 0 bridgehead atoms. The Morgan fingerprint density at radius 1 is 1.21 bits per heavy atom. The topological polar surface area (TPSA) is 105 Å². The van der Waals surface area contributed by atoms with Crippen LogP contribution in [-0.4, -0.2) is 33.2 Å². The van der Waals surface area contributed by atoms with Gasteiger partial charge in [-0.05, 0) is 18.2 Å². The van der Waals surface area contributed by atoms with Gasteiger partial charge in [0.25, 0.3) is 5.91 Å². The number of amides is 1. The van der Waals surface area contributed by atoms with E-state index in [9.17, 15) is 18.0 Å². The summed E-state index contributed by atoms with van der Waals surface area (Å²) in [5, 5.41) is 11.1. The number of fused-ring (bicyclic) bond motifs is 1. The number of methoxy groups -OCH3 is 1. The van der Waals surface area contributed by atoms with Gasteiger partial charge in [-0.25, -0.2) is 4.98 Å². The fraction of sp³-hybridized carbons (Fsp3) is 0.125. The number of anilines is 3. The van der Waals surface area contributed by atoms with E-state index in [-0.39, 0.29) is 4.88 Å². The van der Waals surface area contributed by atoms with Gasteiger partial charge in [-0.3, -0.25) is 15.2 Å². The molecule has 29 heavy (non-hydrogen) atoms. The number of nitrogens with one attached hydrogen (secondary N) is 3. The lowest BCUT2D eigenvalue weighted by Crippen LogP contribution is -2.12. The number of carbonyl (C=O) groups is 1. The van der Waals surface area contributed by atoms with Crippen LogP contribution >= 0.6 is 22.7 Å². The summed E-state index contributed by atoms with van der Waals surface area (Å²) in [5.74, 6) is -1.69. The van der Waals surface area contributed by atoms with Crippen molar-refractivity contribution >= 4 is 54.9 Å². The lowest BCUT2D eigenvalue weighted by Gasteiger charge is -2.07. The lowest BCUT2D eigenvalue weighted by atomic mass is 10.3. The number of benzene rings is 1. The molecule has 3 aromatic heterocycles. The first-order chi connectivity index (χ1) is 13.8. The van der Waals surface area contributed by atoms with Crippen molar-refractivity contribution in [2.45, 2.75) is 6.18 Å². The van der Waals surface area contributed by atoms with Gasteiger partial charge in [0.15, 0.2) is 5.13 Å². The van der Waals surface area contributed by atoms with Crippen molar-refractivity contribution in [3.63, 3.8) is 0 Å². The Hall–Kier alpha value is -3.19. The minimum absolute atomic E-state index is 0.279. The molecule has 0 unspecified atom stereocenters. The van der Waals surface area contributed by atoms with E-state index in [4.69, 9.17) is 4.74 Å². The van der Waals surface area contributed by atoms with E-state index in [0.717, 1.165) is 21.7 Å². The summed E-state index contributed by atoms with van der Waals surface area (Å²) in [6, 6.07) is 8.97. The first kappa shape index (κ1) is 19.1. The molecule has 1 amide bonds. The number of H-pyrrole nitrogens is 1. The third kappa shape index (κ3) is 4.00. The van der Waals surface area contributed by atoms with Crippen molar-refractivity contribution in [3.8, 4) is 5.75 Å². The van der Waals surface area contributed by atoms with E-state index in [1.165, 1.54) is 11.3 Å². The molecule has 3 heterocycles. The third-order valence-electron chi connectivity index (χ3n) is 3.64. The minimum atomic E-state index is -4.67. The standard InChI is InChI=1S/C16H11F3N6O2S2/c1-27-8-5-3-2-4-7(8)20-15-22-12-10(29-15)6-9(28-12)11(26)21-14-23-13(24-25-14)16(17,18)19/h2-6H,1H3,(H,20,22)(H2,21,23,24,25,26). The Labute approximate surface area is 168 Å². The van der Waals surface area contributed by atoms with Crippen molar-refractivity contribution in [2.75, 3.05) is 17.7 Å². The molecule has 0 aliphatic heterocycles. The molecule has 150 valence electrons. The molecule has 0 spiro atoms. The monoisotopic (exact) mass is 440 g/mol. The van der Waals surface area contributed by atoms with Crippen molar-refractivity contribution < 1.29 is 22.7 Å². The Balaban J connectivity index is 1.49. The van der Waals surface area contributed by atoms with E-state index in [1.54, 1.807) is 18.3 Å². The average Bonchev–Trinajstić information content (AvgIpc) is 3.36. The van der Waals surface area contributed by atoms with Crippen molar-refractivity contribution in [2.24, 2.45) is 0 Å². The zero-order valence-corrected chi connectivity index (χ0v) is 16.1. The molecule has 0 aliphatic rings. The van der Waals surface area contributed by atoms with Gasteiger partial charge in [0.2, 0.25) is 11.8 Å². The quantitative estimate of drug-likeness (QED) is 0.422. The van der Waals surface area contributed by atoms with Crippen LogP contribution in [0.15, 0.2) is 30.3 Å². The maximum absolute atomic E-state index is 12.5. The molecule has 8 nitrogen and oxygen atoms in total. The summed E-state index contributed by atoms with van der Waals surface area (Å²) in [4.78, 5) is 20.8. The molecule has 4 aromatic rings. The summed E-state index contributed by atoms with van der Waals surface area (Å²) in [6.45, 7) is 0. The van der Waals surface area contributed by atoms with E-state index in [0.29, 0.717) is 15.7 Å². The van der Waals surface area contributed by atoms with Gasteiger partial charge >= 0.3 is 6.18 Å². The number of thiophene rings is 1. The van der Waals surface area contributed by atoms with Crippen LogP contribution in [0.1, 0.15) is 15.5 Å². The zero-order valence-electron chi connectivity index (χ0n) is 14.5. The Kier molecular flexibility index (Phi) is 4.84. The molecule has 0 radical (unpaired) electrons. The molecule has 0 atom stereocenters. The maximum atomic E-state index is 12.5. The second-order valence-electron chi connectivity index (χ2n) is 5.58. The van der Waals surface area contributed by atoms with Crippen LogP contribution in [0, 0.1) is 0 Å². The number of aromatic amines is 1. The number of nitrogens with zero attached hydrogens (tertiary/aromatic N) is 3. The number of thiazole rings is 1. The Morgan fingerprint density at radius 2 is 2.00 bits per heavy atom. The summed E-state index contributed by atoms with van der Waals surface area (Å²) in [5.41, 5.74) is 0.749. The highest BCUT2D eigenvalue weighted by atomic mass is 32.1. The largest absolute Gasteiger partial charge is 0.495 e. The second-order valence-corrected chi connectivity index (χ2v) is 7.65. The summed E-state index contributed by atoms with van der Waals surface area (Å²) in [6.07, 6.45) is -4.67. The number of para-hydroxylation sites is 2. The van der Waals surface area contributed by atoms with Gasteiger partial charge in [0.1, 0.15) is 10.6 Å². The summed E-state index contributed by atoms with van der Waals surface area (Å²) in [7, 11) is 1.57. The summed E-state index contributed by atoms with van der Waals surface area (Å²) < 4.78 is 43.6. The predicted molar refractivity (Wildman–Crippen MR) is 103 cm³/mol. The molecule has 4 rings (SSSR count). The van der Waals surface area contributed by atoms with Crippen LogP contribution in [0.25, 0.3) is 9.53 Å². The number of aromatic nitrogens is 4. The molecule has 0 fully saturated rings. The van der Waals surface area contributed by atoms with Crippen LogP contribution in [0.4, 0.5) is 29.9 Å². The normalized spacial score (nSPS) is 11.6. The van der Waals surface area contributed by atoms with Crippen LogP contribution in [-0.2, 0) is 6.18 Å². The molecule has 0 aliphatic carbocycles. The average molecular weight is 440 g/mol. The highest BCUT2D eigenvalue weighted by Crippen LogP contribution is 2.36. The fourth-order valence-corrected chi connectivity index (χ4v) is 4.39. The van der Waals surface area contributed by atoms with E-state index in [2.05, 4.69) is 25.7 Å². The van der Waals surface area contributed by atoms with Crippen LogP contribution in [0.3, 0.4) is 0 Å². The van der Waals surface area contributed by atoms with Crippen molar-refractivity contribution in [1.82, 2.24) is 20.2 Å². The maximum Gasteiger partial charge on any atom is 0.451 e. The van der Waals surface area contributed by atoms with Gasteiger partial charge in [-0.2, -0.15) is 18.2 Å². The number of ether oxygens (including phenoxy) is 1. The first-order valence-corrected chi connectivity index (χ1v) is 9.58. The van der Waals surface area contributed by atoms with Gasteiger partial charge in [0, 0.05) is 0 Å². The lowest BCUT2D eigenvalue weighted by molar-refractivity contribution is -0.144. The van der Waals surface area contributed by atoms with Crippen LogP contribution in [0.5, 0.6) is 5.75 Å². The zero-order chi connectivity index (χ0) is 20.6. The molecular formula is C16H11F3N6O2S2. The van der Waals surface area contributed by atoms with Crippen molar-refractivity contribution in [1.29, 1.82) is 0 Å². The Bertz CT molecular complexity index is 1150. The second kappa shape index (κ2) is 7.33. The molecule has 1 aromatic carbocycles. The highest BCUT2D eigenvalue weighted by molar-refractivity contribution is 7.29. The summed E-state index contributed by atoms with van der Waals surface area (Å²) >= 11 is 2.44. The van der Waals surface area contributed by atoms with Gasteiger partial charge < -0.3 is 10.1 Å². The molecule has 0 saturated carbocycles. The van der Waals surface area contributed by atoms with E-state index < -0.39 is 23.9 Å². The smallest absolute Gasteiger partial charge is 0.451 e. The van der Waals surface area contributed by atoms with Gasteiger partial charge in [-0.1, -0.05) is 23.5 Å². The van der Waals surface area contributed by atoms with Crippen molar-refractivity contribution in [3.05, 3.63) is 41.0 Å². The predicted octanol–water partition coefficient (Wildman–Crippen LogP) is 4.50. The number of rotatable bonds is 5. The SMILES string of the molecule is COc1ccccc1Nc1nc2sc(C(=O)Nc3n[nH]c(C(F)(F)F)n3)cc2s1. The van der Waals surface area contributed by atoms with E-state index >= 15 is 0 Å². The number of hydrogen-bond acceptors (Lipinski definition) is 8. The third-order valence-corrected chi connectivity index (χ3v) is 5.72. The molecule has 13 heteroatoms. The number of halogens is 3. The van der Waals surface area contributed by atoms with Crippen LogP contribution in [0.2, 0.25) is 0 Å². The highest BCUT2D eigenvalue weighted by Gasteiger charge is 2.35.